The van der Waals surface area contributed by atoms with Crippen LogP contribution < -0.4 is 10.3 Å². The highest BCUT2D eigenvalue weighted by atomic mass is 19.1. The van der Waals surface area contributed by atoms with Crippen LogP contribution in [0.5, 0.6) is 5.75 Å². The molecular formula is C19H21FN2O2. The number of aryl methyl sites for hydroxylation is 1. The van der Waals surface area contributed by atoms with Crippen LogP contribution in [-0.2, 0) is 0 Å². The maximum Gasteiger partial charge on any atom is 0.266 e. The number of rotatable bonds is 7. The van der Waals surface area contributed by atoms with E-state index in [0.29, 0.717) is 23.4 Å². The molecule has 0 atom stereocenters. The second kappa shape index (κ2) is 8.30. The Kier molecular flexibility index (Phi) is 6.14. The summed E-state index contributed by atoms with van der Waals surface area (Å²) in [7, 11) is 0. The Hall–Kier alpha value is -2.61. The lowest BCUT2D eigenvalue weighted by atomic mass is 10.0. The largest absolute Gasteiger partial charge is 0.490 e. The van der Waals surface area contributed by atoms with Crippen LogP contribution in [0.1, 0.15) is 43.9 Å². The zero-order valence-electron chi connectivity index (χ0n) is 14.0. The van der Waals surface area contributed by atoms with Gasteiger partial charge in [0.1, 0.15) is 11.6 Å². The summed E-state index contributed by atoms with van der Waals surface area (Å²) >= 11 is 0. The molecule has 5 heteroatoms. The molecule has 0 spiro atoms. The molecule has 126 valence electrons. The fraction of sp³-hybridized carbons (Fsp3) is 0.368. The molecule has 0 bridgehead atoms. The summed E-state index contributed by atoms with van der Waals surface area (Å²) in [5, 5.41) is 9.22. The molecule has 0 unspecified atom stereocenters. The van der Waals surface area contributed by atoms with Gasteiger partial charge in [-0.25, -0.2) is 4.39 Å². The number of halogens is 1. The van der Waals surface area contributed by atoms with Gasteiger partial charge in [-0.1, -0.05) is 32.3 Å². The molecule has 24 heavy (non-hydrogen) atoms. The third kappa shape index (κ3) is 4.23. The fourth-order valence-corrected chi connectivity index (χ4v) is 2.52. The minimum Gasteiger partial charge on any atom is -0.490 e. The molecule has 4 nitrogen and oxygen atoms in total. The Bertz CT molecular complexity index is 806. The van der Waals surface area contributed by atoms with E-state index in [-0.39, 0.29) is 11.3 Å². The van der Waals surface area contributed by atoms with Gasteiger partial charge in [0.2, 0.25) is 0 Å². The summed E-state index contributed by atoms with van der Waals surface area (Å²) in [5.74, 6) is -0.305. The number of pyridine rings is 1. The lowest BCUT2D eigenvalue weighted by molar-refractivity contribution is 0.290. The summed E-state index contributed by atoms with van der Waals surface area (Å²) in [4.78, 5) is 14.5. The predicted molar refractivity (Wildman–Crippen MR) is 91.5 cm³/mol. The van der Waals surface area contributed by atoms with E-state index in [1.54, 1.807) is 25.1 Å². The first-order valence-corrected chi connectivity index (χ1v) is 8.13. The molecule has 0 saturated heterocycles. The van der Waals surface area contributed by atoms with E-state index >= 15 is 0 Å². The van der Waals surface area contributed by atoms with Gasteiger partial charge in [0, 0.05) is 11.3 Å². The smallest absolute Gasteiger partial charge is 0.266 e. The van der Waals surface area contributed by atoms with Crippen molar-refractivity contribution in [3.8, 4) is 22.9 Å². The second-order valence-corrected chi connectivity index (χ2v) is 5.74. The summed E-state index contributed by atoms with van der Waals surface area (Å²) < 4.78 is 19.5. The van der Waals surface area contributed by atoms with Crippen molar-refractivity contribution in [2.45, 2.75) is 39.5 Å². The predicted octanol–water partition coefficient (Wildman–Crippen LogP) is 4.32. The number of ether oxygens (including phenoxy) is 1. The number of hydrogen-bond acceptors (Lipinski definition) is 3. The Morgan fingerprint density at radius 1 is 1.25 bits per heavy atom. The highest BCUT2D eigenvalue weighted by Gasteiger charge is 2.13. The van der Waals surface area contributed by atoms with Crippen LogP contribution in [0.15, 0.2) is 29.1 Å². The number of nitrogens with zero attached hydrogens (tertiary/aromatic N) is 1. The molecule has 0 aliphatic carbocycles. The molecular weight excluding hydrogens is 307 g/mol. The maximum absolute atomic E-state index is 13.9. The van der Waals surface area contributed by atoms with Gasteiger partial charge in [0.15, 0.2) is 11.6 Å². The molecule has 1 N–H and O–H groups in total. The molecule has 2 aromatic rings. The topological polar surface area (TPSA) is 65.9 Å². The first-order valence-electron chi connectivity index (χ1n) is 8.13. The van der Waals surface area contributed by atoms with Gasteiger partial charge in [-0.15, -0.1) is 0 Å². The van der Waals surface area contributed by atoms with Crippen molar-refractivity contribution in [1.82, 2.24) is 4.98 Å². The van der Waals surface area contributed by atoms with E-state index in [2.05, 4.69) is 11.9 Å². The van der Waals surface area contributed by atoms with E-state index in [1.807, 2.05) is 6.07 Å². The molecule has 0 radical (unpaired) electrons. The Labute approximate surface area is 140 Å². The van der Waals surface area contributed by atoms with Crippen LogP contribution in [0.25, 0.3) is 11.1 Å². The summed E-state index contributed by atoms with van der Waals surface area (Å²) in [5.41, 5.74) is 1.28. The molecule has 1 aromatic carbocycles. The highest BCUT2D eigenvalue weighted by Crippen LogP contribution is 2.28. The van der Waals surface area contributed by atoms with Gasteiger partial charge in [-0.3, -0.25) is 4.79 Å². The van der Waals surface area contributed by atoms with Crippen LogP contribution in [0.4, 0.5) is 4.39 Å². The minimum absolute atomic E-state index is 0.0149. The van der Waals surface area contributed by atoms with E-state index < -0.39 is 11.4 Å². The maximum atomic E-state index is 13.9. The highest BCUT2D eigenvalue weighted by molar-refractivity contribution is 5.71. The zero-order chi connectivity index (χ0) is 17.5. The number of benzene rings is 1. The third-order valence-electron chi connectivity index (χ3n) is 3.78. The molecule has 2 rings (SSSR count). The molecule has 1 heterocycles. The number of unbranched alkanes of at least 4 members (excludes halogenated alkanes) is 3. The van der Waals surface area contributed by atoms with Crippen molar-refractivity contribution in [2.24, 2.45) is 0 Å². The van der Waals surface area contributed by atoms with Crippen LogP contribution in [0.3, 0.4) is 0 Å². The lowest BCUT2D eigenvalue weighted by Crippen LogP contribution is -2.12. The molecule has 1 aromatic heterocycles. The standard InChI is InChI=1S/C19H21FN2O2/c1-3-4-5-6-9-24-18-11-14(7-8-17(18)20)15-10-13(2)22-19(23)16(15)12-21/h7-8,10-11H,3-6,9H2,1-2H3,(H,22,23). The third-order valence-corrected chi connectivity index (χ3v) is 3.78. The van der Waals surface area contributed by atoms with Gasteiger partial charge in [0.05, 0.1) is 6.61 Å². The number of aromatic amines is 1. The summed E-state index contributed by atoms with van der Waals surface area (Å²) in [6.45, 7) is 4.31. The molecule has 0 fully saturated rings. The Balaban J connectivity index is 2.29. The molecule has 0 saturated carbocycles. The van der Waals surface area contributed by atoms with Gasteiger partial charge in [-0.2, -0.15) is 5.26 Å². The average molecular weight is 328 g/mol. The van der Waals surface area contributed by atoms with Crippen molar-refractivity contribution in [1.29, 1.82) is 5.26 Å². The summed E-state index contributed by atoms with van der Waals surface area (Å²) in [6.07, 6.45) is 4.17. The van der Waals surface area contributed by atoms with E-state index in [4.69, 9.17) is 4.74 Å². The van der Waals surface area contributed by atoms with Crippen LogP contribution >= 0.6 is 0 Å². The lowest BCUT2D eigenvalue weighted by Gasteiger charge is -2.10. The first kappa shape index (κ1) is 17.7. The molecule has 0 amide bonds. The van der Waals surface area contributed by atoms with Gasteiger partial charge >= 0.3 is 0 Å². The quantitative estimate of drug-likeness (QED) is 0.770. The normalized spacial score (nSPS) is 10.4. The Morgan fingerprint density at radius 3 is 2.75 bits per heavy atom. The number of hydrogen-bond donors (Lipinski definition) is 1. The van der Waals surface area contributed by atoms with Crippen molar-refractivity contribution in [3.63, 3.8) is 0 Å². The second-order valence-electron chi connectivity index (χ2n) is 5.74. The summed E-state index contributed by atoms with van der Waals surface area (Å²) in [6, 6.07) is 8.01. The van der Waals surface area contributed by atoms with Crippen LogP contribution in [0.2, 0.25) is 0 Å². The number of H-pyrrole nitrogens is 1. The molecule has 0 aliphatic heterocycles. The van der Waals surface area contributed by atoms with Crippen molar-refractivity contribution in [2.75, 3.05) is 6.61 Å². The van der Waals surface area contributed by atoms with E-state index in [9.17, 15) is 14.4 Å². The monoisotopic (exact) mass is 328 g/mol. The minimum atomic E-state index is -0.450. The van der Waals surface area contributed by atoms with Crippen LogP contribution in [-0.4, -0.2) is 11.6 Å². The molecule has 0 aliphatic rings. The van der Waals surface area contributed by atoms with E-state index in [1.165, 1.54) is 6.07 Å². The number of nitrogens with one attached hydrogen (secondary N) is 1. The van der Waals surface area contributed by atoms with Gasteiger partial charge < -0.3 is 9.72 Å². The first-order chi connectivity index (χ1) is 11.6. The SMILES string of the molecule is CCCCCCOc1cc(-c2cc(C)[nH]c(=O)c2C#N)ccc1F. The fourth-order valence-electron chi connectivity index (χ4n) is 2.52. The van der Waals surface area contributed by atoms with Crippen molar-refractivity contribution >= 4 is 0 Å². The van der Waals surface area contributed by atoms with Crippen LogP contribution in [0, 0.1) is 24.1 Å². The number of nitriles is 1. The van der Waals surface area contributed by atoms with Gasteiger partial charge in [0.25, 0.3) is 5.56 Å². The van der Waals surface area contributed by atoms with E-state index in [0.717, 1.165) is 25.7 Å². The number of aromatic nitrogens is 1. The van der Waals surface area contributed by atoms with Crippen molar-refractivity contribution < 1.29 is 9.13 Å². The zero-order valence-corrected chi connectivity index (χ0v) is 14.0. The van der Waals surface area contributed by atoms with Gasteiger partial charge in [-0.05, 0) is 37.1 Å². The Morgan fingerprint density at radius 2 is 2.04 bits per heavy atom. The van der Waals surface area contributed by atoms with Crippen molar-refractivity contribution in [3.05, 3.63) is 51.7 Å². The average Bonchev–Trinajstić information content (AvgIpc) is 2.55.